The number of Topliss-reactive ketones (excluding diaryl/α,β-unsaturated/α-hetero) is 1. The minimum Gasteiger partial charge on any atom is -0.496 e. The fourth-order valence-electron chi connectivity index (χ4n) is 4.11. The molecule has 4 rings (SSSR count). The van der Waals surface area contributed by atoms with Gasteiger partial charge < -0.3 is 14.8 Å². The predicted octanol–water partition coefficient (Wildman–Crippen LogP) is 4.53. The molecule has 146 valence electrons. The van der Waals surface area contributed by atoms with E-state index in [9.17, 15) is 9.59 Å². The Morgan fingerprint density at radius 3 is 2.57 bits per heavy atom. The summed E-state index contributed by atoms with van der Waals surface area (Å²) in [6.07, 6.45) is 1.34. The standard InChI is InChI=1S/C21H20BrNO4S/c1-26-17-10-14(22)18(27-2)8-12(17)13-9-20(25)23-15-6-11(7-16(24)21(13)15)19-4-3-5-28-19/h3-5,8,10-11,13H,6-7,9H2,1-2H3,(H,23,25)/t11-,13+/m0/s1. The number of carbonyl (C=O) groups is 2. The molecule has 1 aliphatic heterocycles. The van der Waals surface area contributed by atoms with Gasteiger partial charge in [-0.15, -0.1) is 11.3 Å². The zero-order valence-electron chi connectivity index (χ0n) is 15.6. The number of rotatable bonds is 4. The third-order valence-corrected chi connectivity index (χ3v) is 7.02. The molecule has 1 aliphatic carbocycles. The van der Waals surface area contributed by atoms with Crippen molar-refractivity contribution in [1.29, 1.82) is 0 Å². The van der Waals surface area contributed by atoms with Crippen LogP contribution in [0.4, 0.5) is 0 Å². The van der Waals surface area contributed by atoms with Gasteiger partial charge in [0.05, 0.1) is 18.7 Å². The Hall–Kier alpha value is -2.12. The zero-order valence-corrected chi connectivity index (χ0v) is 18.0. The number of nitrogens with one attached hydrogen (secondary N) is 1. The molecule has 2 heterocycles. The van der Waals surface area contributed by atoms with Crippen LogP contribution >= 0.6 is 27.3 Å². The summed E-state index contributed by atoms with van der Waals surface area (Å²) in [6.45, 7) is 0. The van der Waals surface area contributed by atoms with E-state index < -0.39 is 0 Å². The number of carbonyl (C=O) groups excluding carboxylic acids is 2. The third-order valence-electron chi connectivity index (χ3n) is 5.36. The molecule has 2 aromatic rings. The fourth-order valence-corrected chi connectivity index (χ4v) is 5.42. The highest BCUT2D eigenvalue weighted by Gasteiger charge is 2.39. The van der Waals surface area contributed by atoms with Gasteiger partial charge in [-0.1, -0.05) is 6.07 Å². The Morgan fingerprint density at radius 1 is 1.11 bits per heavy atom. The predicted molar refractivity (Wildman–Crippen MR) is 111 cm³/mol. The lowest BCUT2D eigenvalue weighted by molar-refractivity contribution is -0.122. The van der Waals surface area contributed by atoms with Crippen LogP contribution in [0.2, 0.25) is 0 Å². The Morgan fingerprint density at radius 2 is 1.89 bits per heavy atom. The molecular formula is C21H20BrNO4S. The number of ketones is 1. The van der Waals surface area contributed by atoms with E-state index in [-0.39, 0.29) is 29.9 Å². The normalized spacial score (nSPS) is 22.0. The lowest BCUT2D eigenvalue weighted by atomic mass is 9.74. The van der Waals surface area contributed by atoms with Crippen molar-refractivity contribution >= 4 is 39.0 Å². The Bertz CT molecular complexity index is 967. The number of amides is 1. The van der Waals surface area contributed by atoms with Gasteiger partial charge in [-0.3, -0.25) is 9.59 Å². The van der Waals surface area contributed by atoms with Gasteiger partial charge in [-0.25, -0.2) is 0 Å². The maximum atomic E-state index is 13.2. The number of halogens is 1. The molecule has 1 amide bonds. The summed E-state index contributed by atoms with van der Waals surface area (Å²) in [5, 5.41) is 4.98. The van der Waals surface area contributed by atoms with E-state index in [4.69, 9.17) is 9.47 Å². The van der Waals surface area contributed by atoms with Crippen molar-refractivity contribution in [1.82, 2.24) is 5.32 Å². The summed E-state index contributed by atoms with van der Waals surface area (Å²) >= 11 is 5.12. The highest BCUT2D eigenvalue weighted by Crippen LogP contribution is 2.47. The Kier molecular flexibility index (Phi) is 5.29. The first-order valence-corrected chi connectivity index (χ1v) is 10.7. The van der Waals surface area contributed by atoms with Crippen molar-refractivity contribution in [2.75, 3.05) is 14.2 Å². The molecule has 5 nitrogen and oxygen atoms in total. The number of ether oxygens (including phenoxy) is 2. The highest BCUT2D eigenvalue weighted by molar-refractivity contribution is 9.10. The van der Waals surface area contributed by atoms with Gasteiger partial charge in [-0.05, 0) is 45.9 Å². The maximum Gasteiger partial charge on any atom is 0.225 e. The molecule has 2 aliphatic rings. The molecule has 0 unspecified atom stereocenters. The molecule has 1 aromatic heterocycles. The molecule has 1 aromatic carbocycles. The van der Waals surface area contributed by atoms with Crippen LogP contribution in [-0.4, -0.2) is 25.9 Å². The molecular weight excluding hydrogens is 442 g/mol. The summed E-state index contributed by atoms with van der Waals surface area (Å²) in [5.74, 6) is 1.07. The first-order valence-electron chi connectivity index (χ1n) is 9.02. The zero-order chi connectivity index (χ0) is 19.8. The van der Waals surface area contributed by atoms with Gasteiger partial charge in [0, 0.05) is 46.4 Å². The SMILES string of the molecule is COc1cc([C@H]2CC(=O)NC3=C2C(=O)C[C@@H](c2cccs2)C3)c(OC)cc1Br. The van der Waals surface area contributed by atoms with E-state index in [1.807, 2.05) is 23.6 Å². The van der Waals surface area contributed by atoms with Crippen molar-refractivity contribution in [3.63, 3.8) is 0 Å². The van der Waals surface area contributed by atoms with Crippen molar-refractivity contribution in [2.45, 2.75) is 31.1 Å². The second kappa shape index (κ2) is 7.72. The van der Waals surface area contributed by atoms with E-state index in [0.29, 0.717) is 29.9 Å². The van der Waals surface area contributed by atoms with E-state index in [2.05, 4.69) is 27.3 Å². The lowest BCUT2D eigenvalue weighted by Crippen LogP contribution is -2.38. The topological polar surface area (TPSA) is 64.6 Å². The number of hydrogen-bond donors (Lipinski definition) is 1. The quantitative estimate of drug-likeness (QED) is 0.725. The van der Waals surface area contributed by atoms with Crippen LogP contribution < -0.4 is 14.8 Å². The summed E-state index contributed by atoms with van der Waals surface area (Å²) in [6, 6.07) is 7.73. The third kappa shape index (κ3) is 3.37. The molecule has 0 fully saturated rings. The molecule has 0 bridgehead atoms. The lowest BCUT2D eigenvalue weighted by Gasteiger charge is -2.34. The number of hydrogen-bond acceptors (Lipinski definition) is 5. The van der Waals surface area contributed by atoms with Gasteiger partial charge in [0.15, 0.2) is 5.78 Å². The highest BCUT2D eigenvalue weighted by atomic mass is 79.9. The minimum absolute atomic E-state index is 0.0766. The molecule has 2 atom stereocenters. The van der Waals surface area contributed by atoms with Crippen LogP contribution in [0.25, 0.3) is 0 Å². The number of benzene rings is 1. The van der Waals surface area contributed by atoms with Gasteiger partial charge in [0.25, 0.3) is 0 Å². The summed E-state index contributed by atoms with van der Waals surface area (Å²) in [5.41, 5.74) is 2.25. The first-order chi connectivity index (χ1) is 13.5. The van der Waals surface area contributed by atoms with Gasteiger partial charge in [0.1, 0.15) is 11.5 Å². The number of thiophene rings is 1. The van der Waals surface area contributed by atoms with Crippen LogP contribution in [0.3, 0.4) is 0 Å². The molecule has 0 saturated heterocycles. The molecule has 0 spiro atoms. The van der Waals surface area contributed by atoms with E-state index in [0.717, 1.165) is 15.7 Å². The van der Waals surface area contributed by atoms with Crippen LogP contribution in [0.15, 0.2) is 45.4 Å². The number of methoxy groups -OCH3 is 2. The van der Waals surface area contributed by atoms with Crippen molar-refractivity contribution < 1.29 is 19.1 Å². The van der Waals surface area contributed by atoms with Crippen molar-refractivity contribution in [3.05, 3.63) is 55.8 Å². The number of allylic oxidation sites excluding steroid dienone is 2. The van der Waals surface area contributed by atoms with Gasteiger partial charge >= 0.3 is 0 Å². The smallest absolute Gasteiger partial charge is 0.225 e. The monoisotopic (exact) mass is 461 g/mol. The first kappa shape index (κ1) is 19.2. The molecule has 7 heteroatoms. The molecule has 1 N–H and O–H groups in total. The maximum absolute atomic E-state index is 13.2. The minimum atomic E-state index is -0.336. The Balaban J connectivity index is 1.79. The van der Waals surface area contributed by atoms with Crippen LogP contribution in [-0.2, 0) is 9.59 Å². The van der Waals surface area contributed by atoms with E-state index in [1.165, 1.54) is 4.88 Å². The van der Waals surface area contributed by atoms with Crippen LogP contribution in [0.1, 0.15) is 41.5 Å². The second-order valence-corrected chi connectivity index (χ2v) is 8.80. The average molecular weight is 462 g/mol. The molecule has 28 heavy (non-hydrogen) atoms. The summed E-state index contributed by atoms with van der Waals surface area (Å²) in [4.78, 5) is 26.8. The molecule has 0 saturated carbocycles. The van der Waals surface area contributed by atoms with Gasteiger partial charge in [-0.2, -0.15) is 0 Å². The van der Waals surface area contributed by atoms with E-state index in [1.54, 1.807) is 25.6 Å². The Labute approximate surface area is 175 Å². The summed E-state index contributed by atoms with van der Waals surface area (Å²) < 4.78 is 11.8. The summed E-state index contributed by atoms with van der Waals surface area (Å²) in [7, 11) is 3.18. The van der Waals surface area contributed by atoms with Crippen LogP contribution in [0, 0.1) is 0 Å². The molecule has 0 radical (unpaired) electrons. The van der Waals surface area contributed by atoms with Crippen LogP contribution in [0.5, 0.6) is 11.5 Å². The van der Waals surface area contributed by atoms with E-state index >= 15 is 0 Å². The second-order valence-electron chi connectivity index (χ2n) is 6.97. The van der Waals surface area contributed by atoms with Crippen molar-refractivity contribution in [2.24, 2.45) is 0 Å². The fraction of sp³-hybridized carbons (Fsp3) is 0.333. The van der Waals surface area contributed by atoms with Gasteiger partial charge in [0.2, 0.25) is 5.91 Å². The largest absolute Gasteiger partial charge is 0.496 e. The average Bonchev–Trinajstić information content (AvgIpc) is 3.21. The van der Waals surface area contributed by atoms with Crippen molar-refractivity contribution in [3.8, 4) is 11.5 Å².